The van der Waals surface area contributed by atoms with Crippen molar-refractivity contribution in [3.63, 3.8) is 0 Å². The van der Waals surface area contributed by atoms with Gasteiger partial charge in [-0.05, 0) is 62.4 Å². The Hall–Kier alpha value is -2.27. The maximum Gasteiger partial charge on any atom is 0.240 e. The summed E-state index contributed by atoms with van der Waals surface area (Å²) in [5, 5.41) is 18.8. The van der Waals surface area contributed by atoms with Gasteiger partial charge in [-0.25, -0.2) is 17.5 Å². The second-order valence-corrected chi connectivity index (χ2v) is 8.94. The van der Waals surface area contributed by atoms with Gasteiger partial charge in [0.1, 0.15) is 5.82 Å². The molecule has 0 saturated heterocycles. The van der Waals surface area contributed by atoms with Gasteiger partial charge in [0.05, 0.1) is 22.1 Å². The molecule has 0 spiro atoms. The lowest BCUT2D eigenvalue weighted by Gasteiger charge is -2.33. The summed E-state index contributed by atoms with van der Waals surface area (Å²) in [6, 6.07) is 11.8. The molecule has 0 atom stereocenters. The highest BCUT2D eigenvalue weighted by molar-refractivity contribution is 7.89. The zero-order chi connectivity index (χ0) is 19.7. The normalized spacial score (nSPS) is 23.0. The third-order valence-corrected chi connectivity index (χ3v) is 6.49. The van der Waals surface area contributed by atoms with Crippen LogP contribution >= 0.6 is 0 Å². The summed E-state index contributed by atoms with van der Waals surface area (Å²) >= 11 is 0. The number of hydrogen-bond donors (Lipinski definition) is 2. The van der Waals surface area contributed by atoms with Crippen molar-refractivity contribution in [3.05, 3.63) is 53.8 Å². The Balaban J connectivity index is 1.76. The first-order chi connectivity index (χ1) is 12.7. The maximum atomic E-state index is 14.1. The maximum absolute atomic E-state index is 14.1. The van der Waals surface area contributed by atoms with Crippen molar-refractivity contribution in [3.8, 4) is 17.2 Å². The van der Waals surface area contributed by atoms with E-state index >= 15 is 0 Å². The second kappa shape index (κ2) is 7.39. The van der Waals surface area contributed by atoms with E-state index in [-0.39, 0.29) is 16.5 Å². The van der Waals surface area contributed by atoms with E-state index in [9.17, 15) is 17.9 Å². The van der Waals surface area contributed by atoms with E-state index in [2.05, 4.69) is 4.72 Å². The molecule has 2 N–H and O–H groups in total. The number of hydrogen-bond acceptors (Lipinski definition) is 4. The molecule has 27 heavy (non-hydrogen) atoms. The zero-order valence-corrected chi connectivity index (χ0v) is 15.8. The van der Waals surface area contributed by atoms with E-state index in [0.717, 1.165) is 6.07 Å². The van der Waals surface area contributed by atoms with E-state index in [1.807, 2.05) is 6.07 Å². The molecule has 0 amide bonds. The summed E-state index contributed by atoms with van der Waals surface area (Å²) in [5.41, 5.74) is 0.338. The SMILES string of the molecule is CC1(O)CCC(NS(=O)(=O)c2ccc(-c3ccc(C#N)cc3F)cc2)CC1. The van der Waals surface area contributed by atoms with Gasteiger partial charge in [-0.3, -0.25) is 0 Å². The van der Waals surface area contributed by atoms with Gasteiger partial charge >= 0.3 is 0 Å². The van der Waals surface area contributed by atoms with Crippen LogP contribution in [0.1, 0.15) is 38.2 Å². The van der Waals surface area contributed by atoms with Crippen LogP contribution in [0.15, 0.2) is 47.4 Å². The lowest BCUT2D eigenvalue weighted by molar-refractivity contribution is 0.0163. The minimum absolute atomic E-state index is 0.109. The summed E-state index contributed by atoms with van der Waals surface area (Å²) < 4.78 is 42.0. The van der Waals surface area contributed by atoms with E-state index in [0.29, 0.717) is 36.8 Å². The Bertz CT molecular complexity index is 969. The monoisotopic (exact) mass is 388 g/mol. The third kappa shape index (κ3) is 4.53. The number of benzene rings is 2. The van der Waals surface area contributed by atoms with Crippen LogP contribution in [0.2, 0.25) is 0 Å². The van der Waals surface area contributed by atoms with Crippen LogP contribution in [-0.2, 0) is 10.0 Å². The van der Waals surface area contributed by atoms with Gasteiger partial charge in [-0.2, -0.15) is 5.26 Å². The summed E-state index contributed by atoms with van der Waals surface area (Å²) in [6.07, 6.45) is 2.27. The molecule has 1 fully saturated rings. The van der Waals surface area contributed by atoms with Crippen molar-refractivity contribution < 1.29 is 17.9 Å². The van der Waals surface area contributed by atoms with Crippen molar-refractivity contribution >= 4 is 10.0 Å². The van der Waals surface area contributed by atoms with Gasteiger partial charge in [-0.15, -0.1) is 0 Å². The number of nitriles is 1. The number of nitrogens with one attached hydrogen (secondary N) is 1. The van der Waals surface area contributed by atoms with Crippen LogP contribution in [0.5, 0.6) is 0 Å². The fourth-order valence-electron chi connectivity index (χ4n) is 3.28. The van der Waals surface area contributed by atoms with E-state index in [4.69, 9.17) is 5.26 Å². The molecule has 0 heterocycles. The fourth-order valence-corrected chi connectivity index (χ4v) is 4.58. The summed E-state index contributed by atoms with van der Waals surface area (Å²) in [5.74, 6) is -0.531. The number of nitrogens with zero attached hydrogens (tertiary/aromatic N) is 1. The second-order valence-electron chi connectivity index (χ2n) is 7.22. The molecule has 3 rings (SSSR count). The summed E-state index contributed by atoms with van der Waals surface area (Å²) in [7, 11) is -3.69. The van der Waals surface area contributed by atoms with Crippen molar-refractivity contribution in [1.29, 1.82) is 5.26 Å². The van der Waals surface area contributed by atoms with Gasteiger partial charge in [0, 0.05) is 11.6 Å². The molecule has 0 radical (unpaired) electrons. The highest BCUT2D eigenvalue weighted by Crippen LogP contribution is 2.29. The molecule has 1 aliphatic carbocycles. The molecule has 0 aliphatic heterocycles. The van der Waals surface area contributed by atoms with Crippen LogP contribution in [0.4, 0.5) is 4.39 Å². The van der Waals surface area contributed by atoms with Gasteiger partial charge in [0.15, 0.2) is 0 Å². The molecule has 1 saturated carbocycles. The highest BCUT2D eigenvalue weighted by atomic mass is 32.2. The molecule has 7 heteroatoms. The number of aliphatic hydroxyl groups is 1. The topological polar surface area (TPSA) is 90.2 Å². The molecule has 5 nitrogen and oxygen atoms in total. The Morgan fingerprint density at radius 3 is 2.37 bits per heavy atom. The lowest BCUT2D eigenvalue weighted by Crippen LogP contribution is -2.42. The molecule has 142 valence electrons. The highest BCUT2D eigenvalue weighted by Gasteiger charge is 2.31. The Morgan fingerprint density at radius 1 is 1.19 bits per heavy atom. The summed E-state index contributed by atoms with van der Waals surface area (Å²) in [4.78, 5) is 0.109. The first kappa shape index (κ1) is 19.5. The number of halogens is 1. The largest absolute Gasteiger partial charge is 0.390 e. The fraction of sp³-hybridized carbons (Fsp3) is 0.350. The van der Waals surface area contributed by atoms with Crippen LogP contribution in [0.3, 0.4) is 0 Å². The average Bonchev–Trinajstić information content (AvgIpc) is 2.63. The zero-order valence-electron chi connectivity index (χ0n) is 14.9. The molecule has 0 aromatic heterocycles. The van der Waals surface area contributed by atoms with Crippen LogP contribution in [0, 0.1) is 17.1 Å². The minimum atomic E-state index is -3.69. The van der Waals surface area contributed by atoms with Gasteiger partial charge < -0.3 is 5.11 Å². The standard InChI is InChI=1S/C20H21FN2O3S/c1-20(24)10-8-16(9-11-20)23-27(25,26)17-5-3-15(4-6-17)18-7-2-14(13-22)12-19(18)21/h2-7,12,16,23-24H,8-11H2,1H3. The van der Waals surface area contributed by atoms with Crippen LogP contribution in [-0.4, -0.2) is 25.2 Å². The summed E-state index contributed by atoms with van der Waals surface area (Å²) in [6.45, 7) is 1.76. The molecule has 0 bridgehead atoms. The quantitative estimate of drug-likeness (QED) is 0.841. The van der Waals surface area contributed by atoms with E-state index < -0.39 is 21.4 Å². The number of sulfonamides is 1. The Labute approximate surface area is 158 Å². The molecule has 2 aromatic carbocycles. The molecular formula is C20H21FN2O3S. The van der Waals surface area contributed by atoms with Crippen LogP contribution in [0.25, 0.3) is 11.1 Å². The smallest absolute Gasteiger partial charge is 0.240 e. The number of rotatable bonds is 4. The van der Waals surface area contributed by atoms with Crippen LogP contribution < -0.4 is 4.72 Å². The first-order valence-electron chi connectivity index (χ1n) is 8.75. The predicted octanol–water partition coefficient (Wildman–Crippen LogP) is 3.34. The van der Waals surface area contributed by atoms with Gasteiger partial charge in [-0.1, -0.05) is 18.2 Å². The Morgan fingerprint density at radius 2 is 1.81 bits per heavy atom. The average molecular weight is 388 g/mol. The molecule has 1 aliphatic rings. The van der Waals surface area contributed by atoms with Crippen molar-refractivity contribution in [1.82, 2.24) is 4.72 Å². The molecule has 2 aromatic rings. The predicted molar refractivity (Wildman–Crippen MR) is 99.8 cm³/mol. The third-order valence-electron chi connectivity index (χ3n) is 4.96. The lowest BCUT2D eigenvalue weighted by atomic mass is 9.84. The molecule has 0 unspecified atom stereocenters. The minimum Gasteiger partial charge on any atom is -0.390 e. The molecular weight excluding hydrogens is 367 g/mol. The van der Waals surface area contributed by atoms with Gasteiger partial charge in [0.25, 0.3) is 0 Å². The van der Waals surface area contributed by atoms with E-state index in [1.165, 1.54) is 24.3 Å². The van der Waals surface area contributed by atoms with Crippen molar-refractivity contribution in [2.45, 2.75) is 49.1 Å². The van der Waals surface area contributed by atoms with Crippen molar-refractivity contribution in [2.24, 2.45) is 0 Å². The van der Waals surface area contributed by atoms with Gasteiger partial charge in [0.2, 0.25) is 10.0 Å². The van der Waals surface area contributed by atoms with Crippen molar-refractivity contribution in [2.75, 3.05) is 0 Å². The van der Waals surface area contributed by atoms with E-state index in [1.54, 1.807) is 19.1 Å². The Kier molecular flexibility index (Phi) is 5.33. The first-order valence-corrected chi connectivity index (χ1v) is 10.2.